The lowest BCUT2D eigenvalue weighted by Gasteiger charge is -2.11. The summed E-state index contributed by atoms with van der Waals surface area (Å²) in [4.78, 5) is 9.74. The molecule has 4 N–H and O–H groups in total. The Morgan fingerprint density at radius 2 is 1.54 bits per heavy atom. The summed E-state index contributed by atoms with van der Waals surface area (Å²) in [7, 11) is 0. The summed E-state index contributed by atoms with van der Waals surface area (Å²) in [6.07, 6.45) is 1.61. The van der Waals surface area contributed by atoms with E-state index in [1.165, 1.54) is 0 Å². The van der Waals surface area contributed by atoms with Gasteiger partial charge in [-0.25, -0.2) is 9.97 Å². The summed E-state index contributed by atoms with van der Waals surface area (Å²) in [5.41, 5.74) is 17.3. The highest BCUT2D eigenvalue weighted by molar-refractivity contribution is 6.09. The van der Waals surface area contributed by atoms with Crippen molar-refractivity contribution in [2.75, 3.05) is 0 Å². The second kappa shape index (κ2) is 10.1. The highest BCUT2D eigenvalue weighted by atomic mass is 15.1. The fourth-order valence-corrected chi connectivity index (χ4v) is 4.19. The van der Waals surface area contributed by atoms with Crippen molar-refractivity contribution in [3.8, 4) is 33.9 Å². The first kappa shape index (κ1) is 24.1. The van der Waals surface area contributed by atoms with Gasteiger partial charge in [-0.2, -0.15) is 5.10 Å². The normalized spacial score (nSPS) is 11.9. The summed E-state index contributed by atoms with van der Waals surface area (Å²) >= 11 is 0. The smallest absolute Gasteiger partial charge is 0.114 e. The highest BCUT2D eigenvalue weighted by Crippen LogP contribution is 2.29. The largest absolute Gasteiger partial charge is 0.402 e. The Morgan fingerprint density at radius 1 is 0.914 bits per heavy atom. The molecule has 0 fully saturated rings. The molecule has 0 radical (unpaired) electrons. The molecule has 0 unspecified atom stereocenters. The molecule has 0 aliphatic carbocycles. The van der Waals surface area contributed by atoms with E-state index in [0.29, 0.717) is 23.5 Å². The number of aromatic nitrogens is 4. The molecule has 0 aliphatic rings. The maximum absolute atomic E-state index is 8.57. The summed E-state index contributed by atoms with van der Waals surface area (Å²) in [5.74, 6) is 0. The van der Waals surface area contributed by atoms with E-state index >= 15 is 0 Å². The van der Waals surface area contributed by atoms with Gasteiger partial charge < -0.3 is 5.73 Å². The molecule has 4 aromatic rings. The van der Waals surface area contributed by atoms with Crippen LogP contribution in [0.4, 0.5) is 0 Å². The van der Waals surface area contributed by atoms with Gasteiger partial charge in [-0.05, 0) is 92.8 Å². The van der Waals surface area contributed by atoms with Crippen LogP contribution >= 0.6 is 0 Å². The predicted octanol–water partition coefficient (Wildman–Crippen LogP) is 6.39. The molecule has 1 aromatic carbocycles. The lowest BCUT2D eigenvalue weighted by atomic mass is 10.00. The van der Waals surface area contributed by atoms with E-state index in [4.69, 9.17) is 21.1 Å². The molecule has 3 heterocycles. The number of benzene rings is 1. The van der Waals surface area contributed by atoms with Crippen molar-refractivity contribution in [1.82, 2.24) is 20.2 Å². The lowest BCUT2D eigenvalue weighted by Crippen LogP contribution is -2.10. The minimum Gasteiger partial charge on any atom is -0.402 e. The zero-order chi connectivity index (χ0) is 25.1. The Hall–Kier alpha value is -4.06. The van der Waals surface area contributed by atoms with Crippen molar-refractivity contribution in [3.05, 3.63) is 88.4 Å². The number of hydrogen-bond acceptors (Lipinski definition) is 5. The molecule has 0 spiro atoms. The number of H-pyrrole nitrogens is 1. The third-order valence-electron chi connectivity index (χ3n) is 6.37. The van der Waals surface area contributed by atoms with Crippen LogP contribution in [0.3, 0.4) is 0 Å². The molecule has 6 heteroatoms. The van der Waals surface area contributed by atoms with Crippen LogP contribution in [0.15, 0.2) is 65.9 Å². The number of nitrogens with one attached hydrogen (secondary N) is 2. The number of hydrogen-bond donors (Lipinski definition) is 3. The van der Waals surface area contributed by atoms with E-state index in [9.17, 15) is 0 Å². The van der Waals surface area contributed by atoms with Crippen LogP contribution in [0.1, 0.15) is 49.7 Å². The highest BCUT2D eigenvalue weighted by Gasteiger charge is 2.14. The molecule has 0 bridgehead atoms. The summed E-state index contributed by atoms with van der Waals surface area (Å²) in [6, 6.07) is 18.2. The van der Waals surface area contributed by atoms with Gasteiger partial charge in [-0.3, -0.25) is 10.5 Å². The van der Waals surface area contributed by atoms with E-state index in [1.54, 1.807) is 0 Å². The van der Waals surface area contributed by atoms with Gasteiger partial charge >= 0.3 is 0 Å². The zero-order valence-electron chi connectivity index (χ0n) is 21.0. The van der Waals surface area contributed by atoms with Crippen molar-refractivity contribution in [2.45, 2.75) is 47.5 Å². The topological polar surface area (TPSA) is 104 Å². The number of rotatable bonds is 7. The maximum Gasteiger partial charge on any atom is 0.114 e. The molecule has 0 aliphatic heterocycles. The number of allylic oxidation sites excluding steroid dienone is 2. The molecule has 35 heavy (non-hydrogen) atoms. The molecule has 4 rings (SSSR count). The average molecular weight is 465 g/mol. The molecular weight excluding hydrogens is 432 g/mol. The van der Waals surface area contributed by atoms with Crippen LogP contribution in [-0.4, -0.2) is 25.9 Å². The van der Waals surface area contributed by atoms with Crippen molar-refractivity contribution < 1.29 is 0 Å². The number of pyridine rings is 2. The van der Waals surface area contributed by atoms with Crippen molar-refractivity contribution in [3.63, 3.8) is 0 Å². The number of nitrogens with zero attached hydrogens (tertiary/aromatic N) is 3. The van der Waals surface area contributed by atoms with Crippen molar-refractivity contribution in [1.29, 1.82) is 5.41 Å². The number of aromatic amines is 1. The lowest BCUT2D eigenvalue weighted by molar-refractivity contribution is 0.969. The molecule has 6 nitrogen and oxygen atoms in total. The SMILES string of the molecule is CCC(N)=C(C)C(=N)c1cccc(-c2cc(C)cc(-c3cccc(-c4n[nH]c(CC)c4C)n3)c2)n1. The summed E-state index contributed by atoms with van der Waals surface area (Å²) in [6.45, 7) is 10.1. The van der Waals surface area contributed by atoms with Gasteiger partial charge in [0.25, 0.3) is 0 Å². The average Bonchev–Trinajstić information content (AvgIpc) is 3.27. The number of nitrogens with two attached hydrogens (primary N) is 1. The van der Waals surface area contributed by atoms with Crippen LogP contribution in [0.2, 0.25) is 0 Å². The van der Waals surface area contributed by atoms with Crippen LogP contribution in [-0.2, 0) is 6.42 Å². The summed E-state index contributed by atoms with van der Waals surface area (Å²) in [5, 5.41) is 16.2. The third kappa shape index (κ3) is 4.92. The molecular formula is C29H32N6. The first-order valence-corrected chi connectivity index (χ1v) is 12.0. The van der Waals surface area contributed by atoms with Crippen LogP contribution in [0, 0.1) is 19.3 Å². The van der Waals surface area contributed by atoms with E-state index in [2.05, 4.69) is 49.2 Å². The van der Waals surface area contributed by atoms with Crippen LogP contribution in [0.25, 0.3) is 33.9 Å². The zero-order valence-corrected chi connectivity index (χ0v) is 21.0. The van der Waals surface area contributed by atoms with Gasteiger partial charge in [0.15, 0.2) is 0 Å². The fraction of sp³-hybridized carbons (Fsp3) is 0.241. The summed E-state index contributed by atoms with van der Waals surface area (Å²) < 4.78 is 0. The first-order valence-electron chi connectivity index (χ1n) is 12.0. The second-order valence-electron chi connectivity index (χ2n) is 8.81. The molecule has 0 amide bonds. The minimum absolute atomic E-state index is 0.356. The van der Waals surface area contributed by atoms with Gasteiger partial charge in [0, 0.05) is 22.5 Å². The molecule has 3 aromatic heterocycles. The maximum atomic E-state index is 8.57. The fourth-order valence-electron chi connectivity index (χ4n) is 4.19. The number of aryl methyl sites for hydroxylation is 2. The van der Waals surface area contributed by atoms with Gasteiger partial charge in [0.05, 0.1) is 28.5 Å². The Kier molecular flexibility index (Phi) is 6.92. The van der Waals surface area contributed by atoms with Crippen LogP contribution in [0.5, 0.6) is 0 Å². The second-order valence-corrected chi connectivity index (χ2v) is 8.81. The van der Waals surface area contributed by atoms with E-state index in [1.807, 2.05) is 50.2 Å². The first-order chi connectivity index (χ1) is 16.8. The Labute approximate surface area is 206 Å². The van der Waals surface area contributed by atoms with Crippen molar-refractivity contribution >= 4 is 5.71 Å². The molecule has 178 valence electrons. The van der Waals surface area contributed by atoms with Gasteiger partial charge in [-0.15, -0.1) is 0 Å². The standard InChI is InChI=1S/C29H32N6/c1-6-22(30)18(4)28(31)26-12-8-10-24(32-26)20-14-17(3)15-21(16-20)25-11-9-13-27(33-25)29-19(5)23(7-2)34-35-29/h8-16,31H,6-7,30H2,1-5H3,(H,34,35). The Balaban J connectivity index is 1.73. The van der Waals surface area contributed by atoms with E-state index < -0.39 is 0 Å². The van der Waals surface area contributed by atoms with Crippen molar-refractivity contribution in [2.24, 2.45) is 5.73 Å². The Bertz CT molecular complexity index is 1430. The molecule has 0 saturated heterocycles. The minimum atomic E-state index is 0.356. The van der Waals surface area contributed by atoms with E-state index in [0.717, 1.165) is 62.7 Å². The third-order valence-corrected chi connectivity index (χ3v) is 6.37. The van der Waals surface area contributed by atoms with Gasteiger partial charge in [-0.1, -0.05) is 26.0 Å². The quantitative estimate of drug-likeness (QED) is 0.276. The van der Waals surface area contributed by atoms with E-state index in [-0.39, 0.29) is 0 Å². The molecule has 0 atom stereocenters. The Morgan fingerprint density at radius 3 is 2.17 bits per heavy atom. The van der Waals surface area contributed by atoms with Gasteiger partial charge in [0.1, 0.15) is 5.69 Å². The monoisotopic (exact) mass is 464 g/mol. The molecule has 0 saturated carbocycles. The van der Waals surface area contributed by atoms with Gasteiger partial charge in [0.2, 0.25) is 0 Å². The van der Waals surface area contributed by atoms with Crippen LogP contribution < -0.4 is 5.73 Å². The predicted molar refractivity (Wildman–Crippen MR) is 143 cm³/mol.